The summed E-state index contributed by atoms with van der Waals surface area (Å²) in [5.74, 6) is 0. The van der Waals surface area contributed by atoms with Crippen LogP contribution in [0.4, 0.5) is 0 Å². The highest BCUT2D eigenvalue weighted by molar-refractivity contribution is 6.84. The zero-order valence-electron chi connectivity index (χ0n) is 8.45. The largest absolute Gasteiger partial charge is 0.545 e. The molecule has 13 heavy (non-hydrogen) atoms. The Balaban J connectivity index is 2.81. The molecule has 70 valence electrons. The summed E-state index contributed by atoms with van der Waals surface area (Å²) >= 11 is 0. The van der Waals surface area contributed by atoms with Gasteiger partial charge < -0.3 is 4.43 Å². The number of hydrogen-bond donors (Lipinski definition) is 0. The highest BCUT2D eigenvalue weighted by Gasteiger charge is 2.24. The fourth-order valence-electron chi connectivity index (χ4n) is 1.15. The van der Waals surface area contributed by atoms with Crippen LogP contribution in [0.5, 0.6) is 0 Å². The first-order valence-corrected chi connectivity index (χ1v) is 7.42. The number of hydrogen-bond acceptors (Lipinski definition) is 1. The van der Waals surface area contributed by atoms with E-state index in [-0.39, 0.29) is 0 Å². The highest BCUT2D eigenvalue weighted by atomic mass is 28.4. The molecule has 2 heteroatoms. The molecule has 0 saturated heterocycles. The minimum Gasteiger partial charge on any atom is -0.545 e. The summed E-state index contributed by atoms with van der Waals surface area (Å²) in [5, 5.41) is 1.33. The van der Waals surface area contributed by atoms with Gasteiger partial charge in [-0.2, -0.15) is 0 Å². The van der Waals surface area contributed by atoms with Gasteiger partial charge in [-0.15, -0.1) is 0 Å². The smallest absolute Gasteiger partial charge is 0.276 e. The van der Waals surface area contributed by atoms with Crippen LogP contribution in [0.25, 0.3) is 0 Å². The van der Waals surface area contributed by atoms with E-state index in [0.717, 1.165) is 0 Å². The van der Waals surface area contributed by atoms with Gasteiger partial charge in [0.15, 0.2) is 0 Å². The monoisotopic (exact) mass is 192 g/mol. The third-order valence-corrected chi connectivity index (χ3v) is 4.42. The van der Waals surface area contributed by atoms with Gasteiger partial charge in [-0.3, -0.25) is 0 Å². The van der Waals surface area contributed by atoms with E-state index in [0.29, 0.717) is 0 Å². The second-order valence-electron chi connectivity index (χ2n) is 3.46. The molecule has 0 radical (unpaired) electrons. The molecule has 1 nitrogen and oxygen atoms in total. The zero-order chi connectivity index (χ0) is 9.73. The molecule has 0 N–H and O–H groups in total. The van der Waals surface area contributed by atoms with Gasteiger partial charge in [0.2, 0.25) is 0 Å². The van der Waals surface area contributed by atoms with Gasteiger partial charge in [0.1, 0.15) is 0 Å². The van der Waals surface area contributed by atoms with Crippen molar-refractivity contribution in [1.29, 1.82) is 0 Å². The van der Waals surface area contributed by atoms with Crippen molar-refractivity contribution in [3.05, 3.63) is 42.7 Å². The predicted octanol–water partition coefficient (Wildman–Crippen LogP) is 2.65. The summed E-state index contributed by atoms with van der Waals surface area (Å²) in [6, 6.07) is 10.4. The van der Waals surface area contributed by atoms with Crippen molar-refractivity contribution in [3.63, 3.8) is 0 Å². The number of allylic oxidation sites excluding steroid dienone is 1. The molecular formula is C11H16OSi. The van der Waals surface area contributed by atoms with E-state index in [2.05, 4.69) is 37.4 Å². The topological polar surface area (TPSA) is 9.23 Å². The third kappa shape index (κ3) is 2.74. The molecule has 0 aliphatic rings. The maximum atomic E-state index is 5.72. The number of benzene rings is 1. The minimum atomic E-state index is -1.69. The van der Waals surface area contributed by atoms with Crippen LogP contribution in [0.2, 0.25) is 13.1 Å². The van der Waals surface area contributed by atoms with E-state index < -0.39 is 8.32 Å². The molecule has 0 aliphatic carbocycles. The van der Waals surface area contributed by atoms with Crippen LogP contribution in [0.15, 0.2) is 42.7 Å². The summed E-state index contributed by atoms with van der Waals surface area (Å²) in [5.41, 5.74) is 0. The van der Waals surface area contributed by atoms with Gasteiger partial charge in [0.25, 0.3) is 8.32 Å². The van der Waals surface area contributed by atoms with Gasteiger partial charge in [-0.25, -0.2) is 0 Å². The molecule has 1 aromatic carbocycles. The molecule has 0 saturated carbocycles. The van der Waals surface area contributed by atoms with Gasteiger partial charge in [-0.1, -0.05) is 36.4 Å². The number of rotatable bonds is 3. The summed E-state index contributed by atoms with van der Waals surface area (Å²) in [4.78, 5) is 0. The molecule has 0 amide bonds. The molecular weight excluding hydrogens is 176 g/mol. The van der Waals surface area contributed by atoms with Gasteiger partial charge in [0, 0.05) is 0 Å². The Kier molecular flexibility index (Phi) is 3.31. The average Bonchev–Trinajstić information content (AvgIpc) is 2.16. The van der Waals surface area contributed by atoms with Gasteiger partial charge in [-0.05, 0) is 25.2 Å². The molecule has 0 spiro atoms. The molecule has 0 unspecified atom stereocenters. The van der Waals surface area contributed by atoms with E-state index >= 15 is 0 Å². The quantitative estimate of drug-likeness (QED) is 0.528. The van der Waals surface area contributed by atoms with Crippen molar-refractivity contribution in [2.24, 2.45) is 0 Å². The zero-order valence-corrected chi connectivity index (χ0v) is 9.45. The van der Waals surface area contributed by atoms with Crippen molar-refractivity contribution in [3.8, 4) is 0 Å². The fourth-order valence-corrected chi connectivity index (χ4v) is 2.75. The highest BCUT2D eigenvalue weighted by Crippen LogP contribution is 2.05. The summed E-state index contributed by atoms with van der Waals surface area (Å²) in [6.45, 7) is 6.36. The summed E-state index contributed by atoms with van der Waals surface area (Å²) in [6.07, 6.45) is 3.72. The molecule has 0 fully saturated rings. The van der Waals surface area contributed by atoms with Crippen LogP contribution >= 0.6 is 0 Å². The van der Waals surface area contributed by atoms with Crippen LogP contribution in [-0.2, 0) is 4.43 Å². The van der Waals surface area contributed by atoms with Crippen LogP contribution in [-0.4, -0.2) is 8.32 Å². The van der Waals surface area contributed by atoms with E-state index in [1.807, 2.05) is 19.1 Å². The molecule has 0 aliphatic heterocycles. The first kappa shape index (κ1) is 10.1. The second kappa shape index (κ2) is 4.28. The minimum absolute atomic E-state index is 1.33. The SMILES string of the molecule is C/C=C/O[Si](C)(C)c1ccccc1. The lowest BCUT2D eigenvalue weighted by Gasteiger charge is -2.21. The van der Waals surface area contributed by atoms with Gasteiger partial charge in [0.05, 0.1) is 6.26 Å². The lowest BCUT2D eigenvalue weighted by Crippen LogP contribution is -2.43. The molecule has 1 aromatic rings. The van der Waals surface area contributed by atoms with Crippen molar-refractivity contribution in [2.45, 2.75) is 20.0 Å². The lowest BCUT2D eigenvalue weighted by molar-refractivity contribution is 0.485. The van der Waals surface area contributed by atoms with Crippen LogP contribution < -0.4 is 5.19 Å². The molecule has 1 rings (SSSR count). The lowest BCUT2D eigenvalue weighted by atomic mass is 10.4. The van der Waals surface area contributed by atoms with Crippen molar-refractivity contribution < 1.29 is 4.43 Å². The second-order valence-corrected chi connectivity index (χ2v) is 7.30. The summed E-state index contributed by atoms with van der Waals surface area (Å²) in [7, 11) is -1.69. The van der Waals surface area contributed by atoms with E-state index in [1.165, 1.54) is 5.19 Å². The molecule has 0 atom stereocenters. The first-order chi connectivity index (χ1) is 6.17. The summed E-state index contributed by atoms with van der Waals surface area (Å²) < 4.78 is 5.72. The predicted molar refractivity (Wildman–Crippen MR) is 59.5 cm³/mol. The van der Waals surface area contributed by atoms with Crippen molar-refractivity contribution >= 4 is 13.5 Å². The molecule has 0 bridgehead atoms. The molecule has 0 heterocycles. The fraction of sp³-hybridized carbons (Fsp3) is 0.273. The average molecular weight is 192 g/mol. The maximum absolute atomic E-state index is 5.72. The Morgan fingerprint density at radius 2 is 1.77 bits per heavy atom. The van der Waals surface area contributed by atoms with Crippen molar-refractivity contribution in [2.75, 3.05) is 0 Å². The first-order valence-electron chi connectivity index (χ1n) is 4.51. The standard InChI is InChI=1S/C11H16OSi/c1-4-10-12-13(2,3)11-8-6-5-7-9-11/h4-10H,1-3H3/b10-4+. The van der Waals surface area contributed by atoms with Gasteiger partial charge >= 0.3 is 0 Å². The van der Waals surface area contributed by atoms with E-state index in [1.54, 1.807) is 6.26 Å². The Morgan fingerprint density at radius 1 is 1.15 bits per heavy atom. The van der Waals surface area contributed by atoms with E-state index in [4.69, 9.17) is 4.43 Å². The maximum Gasteiger partial charge on any atom is 0.276 e. The van der Waals surface area contributed by atoms with E-state index in [9.17, 15) is 0 Å². The van der Waals surface area contributed by atoms with Crippen LogP contribution in [0, 0.1) is 0 Å². The Hall–Kier alpha value is -1.02. The Labute approximate surface area is 81.2 Å². The molecule has 0 aromatic heterocycles. The third-order valence-electron chi connectivity index (χ3n) is 1.97. The normalized spacial score (nSPS) is 11.9. The van der Waals surface area contributed by atoms with Crippen LogP contribution in [0.1, 0.15) is 6.92 Å². The van der Waals surface area contributed by atoms with Crippen LogP contribution in [0.3, 0.4) is 0 Å². The Bertz CT molecular complexity index is 277. The Morgan fingerprint density at radius 3 is 2.31 bits per heavy atom. The van der Waals surface area contributed by atoms with Crippen molar-refractivity contribution in [1.82, 2.24) is 0 Å².